The van der Waals surface area contributed by atoms with Gasteiger partial charge in [-0.2, -0.15) is 11.8 Å². The van der Waals surface area contributed by atoms with Crippen molar-refractivity contribution in [2.75, 3.05) is 18.6 Å². The van der Waals surface area contributed by atoms with Crippen LogP contribution >= 0.6 is 23.5 Å². The first-order chi connectivity index (χ1) is 11.4. The van der Waals surface area contributed by atoms with E-state index in [-0.39, 0.29) is 16.3 Å². The van der Waals surface area contributed by atoms with Crippen molar-refractivity contribution in [1.29, 1.82) is 0 Å². The van der Waals surface area contributed by atoms with E-state index < -0.39 is 17.9 Å². The van der Waals surface area contributed by atoms with Crippen molar-refractivity contribution in [3.05, 3.63) is 35.9 Å². The third kappa shape index (κ3) is 4.54. The minimum Gasteiger partial charge on any atom is -0.480 e. The molecule has 2 rings (SSSR count). The summed E-state index contributed by atoms with van der Waals surface area (Å²) < 4.78 is 0. The fraction of sp³-hybridized carbons (Fsp3) is 0.471. The van der Waals surface area contributed by atoms with Gasteiger partial charge in [-0.05, 0) is 12.7 Å². The van der Waals surface area contributed by atoms with Gasteiger partial charge in [0.25, 0.3) is 0 Å². The first kappa shape index (κ1) is 18.9. The predicted octanol–water partition coefficient (Wildman–Crippen LogP) is 2.61. The number of likely N-dealkylation sites (tertiary alicyclic amines) is 1. The quantitative estimate of drug-likeness (QED) is 0.833. The molecule has 0 spiro atoms. The predicted molar refractivity (Wildman–Crippen MR) is 97.5 cm³/mol. The summed E-state index contributed by atoms with van der Waals surface area (Å²) in [5, 5.41) is 9.41. The maximum absolute atomic E-state index is 12.6. The second-order valence-corrected chi connectivity index (χ2v) is 7.93. The van der Waals surface area contributed by atoms with E-state index in [9.17, 15) is 19.5 Å². The van der Waals surface area contributed by atoms with Gasteiger partial charge < -0.3 is 10.0 Å². The summed E-state index contributed by atoms with van der Waals surface area (Å²) in [4.78, 5) is 37.6. The average molecular weight is 367 g/mol. The van der Waals surface area contributed by atoms with Crippen LogP contribution in [0, 0.1) is 5.92 Å². The Bertz CT molecular complexity index is 608. The summed E-state index contributed by atoms with van der Waals surface area (Å²) in [6.07, 6.45) is 2.40. The number of benzene rings is 1. The molecule has 0 radical (unpaired) electrons. The van der Waals surface area contributed by atoms with Crippen LogP contribution in [0.25, 0.3) is 0 Å². The highest BCUT2D eigenvalue weighted by molar-refractivity contribution is 8.14. The second kappa shape index (κ2) is 8.58. The molecular weight excluding hydrogens is 346 g/mol. The molecule has 1 aliphatic heterocycles. The molecule has 1 heterocycles. The minimum atomic E-state index is -0.958. The highest BCUT2D eigenvalue weighted by atomic mass is 32.2. The molecule has 24 heavy (non-hydrogen) atoms. The molecule has 0 aromatic heterocycles. The fourth-order valence-corrected chi connectivity index (χ4v) is 4.19. The Labute approximate surface area is 150 Å². The van der Waals surface area contributed by atoms with Crippen LogP contribution in [0.3, 0.4) is 0 Å². The first-order valence-electron chi connectivity index (χ1n) is 7.72. The first-order valence-corrected chi connectivity index (χ1v) is 9.99. The van der Waals surface area contributed by atoms with Crippen LogP contribution in [0.1, 0.15) is 23.7 Å². The number of carbonyl (C=O) groups is 3. The van der Waals surface area contributed by atoms with Crippen molar-refractivity contribution in [2.24, 2.45) is 5.92 Å². The van der Waals surface area contributed by atoms with Crippen LogP contribution in [0.5, 0.6) is 0 Å². The van der Waals surface area contributed by atoms with Crippen molar-refractivity contribution in [3.63, 3.8) is 0 Å². The maximum Gasteiger partial charge on any atom is 0.326 e. The lowest BCUT2D eigenvalue weighted by Crippen LogP contribution is -2.43. The van der Waals surface area contributed by atoms with Crippen LogP contribution in [0.4, 0.5) is 0 Å². The molecule has 7 heteroatoms. The molecule has 0 aliphatic carbocycles. The van der Waals surface area contributed by atoms with Crippen molar-refractivity contribution >= 4 is 40.5 Å². The molecule has 1 aromatic rings. The number of carboxylic acid groups (broad SMARTS) is 1. The van der Waals surface area contributed by atoms with Crippen LogP contribution in [0.2, 0.25) is 0 Å². The fourth-order valence-electron chi connectivity index (χ4n) is 2.66. The molecule has 0 saturated carbocycles. The normalized spacial score (nSPS) is 21.5. The molecule has 1 N–H and O–H groups in total. The van der Waals surface area contributed by atoms with Crippen LogP contribution in [0.15, 0.2) is 30.3 Å². The van der Waals surface area contributed by atoms with Crippen LogP contribution in [-0.2, 0) is 9.59 Å². The van der Waals surface area contributed by atoms with Gasteiger partial charge in [0.2, 0.25) is 11.0 Å². The number of carboxylic acids is 1. The number of nitrogens with zero attached hydrogens (tertiary/aromatic N) is 1. The van der Waals surface area contributed by atoms with Gasteiger partial charge in [0.1, 0.15) is 6.04 Å². The molecule has 3 atom stereocenters. The van der Waals surface area contributed by atoms with E-state index in [0.29, 0.717) is 24.3 Å². The van der Waals surface area contributed by atoms with Crippen molar-refractivity contribution < 1.29 is 19.5 Å². The van der Waals surface area contributed by atoms with E-state index in [4.69, 9.17) is 0 Å². The number of hydrogen-bond donors (Lipinski definition) is 1. The van der Waals surface area contributed by atoms with Crippen molar-refractivity contribution in [2.45, 2.75) is 24.6 Å². The monoisotopic (exact) mass is 367 g/mol. The molecule has 1 aromatic carbocycles. The van der Waals surface area contributed by atoms with Gasteiger partial charge in [0.15, 0.2) is 0 Å². The standard InChI is InChI=1S/C17H21NO4S2/c1-11(10-24-17(22)12-6-4-3-5-7-12)15(19)18-9-13(23-2)8-14(18)16(20)21/h3-7,11,13-14H,8-10H2,1-2H3,(H,20,21)/t11?,13-,14-/m0/s1. The minimum absolute atomic E-state index is 0.0755. The Morgan fingerprint density at radius 1 is 1.29 bits per heavy atom. The van der Waals surface area contributed by atoms with E-state index in [1.165, 1.54) is 4.90 Å². The number of thioether (sulfide) groups is 2. The lowest BCUT2D eigenvalue weighted by molar-refractivity contribution is -0.149. The summed E-state index contributed by atoms with van der Waals surface area (Å²) in [6.45, 7) is 2.21. The van der Waals surface area contributed by atoms with E-state index in [1.807, 2.05) is 12.3 Å². The second-order valence-electron chi connectivity index (χ2n) is 5.80. The van der Waals surface area contributed by atoms with Crippen LogP contribution in [-0.4, -0.2) is 56.8 Å². The average Bonchev–Trinajstić information content (AvgIpc) is 3.04. The van der Waals surface area contributed by atoms with Crippen molar-refractivity contribution in [3.8, 4) is 0 Å². The van der Waals surface area contributed by atoms with Crippen LogP contribution < -0.4 is 0 Å². The van der Waals surface area contributed by atoms with Gasteiger partial charge in [0.05, 0.1) is 0 Å². The zero-order valence-corrected chi connectivity index (χ0v) is 15.3. The largest absolute Gasteiger partial charge is 0.480 e. The zero-order chi connectivity index (χ0) is 17.7. The molecule has 1 unspecified atom stereocenters. The van der Waals surface area contributed by atoms with Gasteiger partial charge in [-0.1, -0.05) is 49.0 Å². The Balaban J connectivity index is 1.94. The summed E-state index contributed by atoms with van der Waals surface area (Å²) in [5.74, 6) is -1.20. The van der Waals surface area contributed by atoms with E-state index in [0.717, 1.165) is 11.8 Å². The van der Waals surface area contributed by atoms with Gasteiger partial charge in [-0.15, -0.1) is 0 Å². The molecule has 130 valence electrons. The number of hydrogen-bond acceptors (Lipinski definition) is 5. The molecule has 1 amide bonds. The van der Waals surface area contributed by atoms with Crippen molar-refractivity contribution in [1.82, 2.24) is 4.90 Å². The number of amides is 1. The Morgan fingerprint density at radius 2 is 1.96 bits per heavy atom. The van der Waals surface area contributed by atoms with Gasteiger partial charge in [-0.3, -0.25) is 9.59 Å². The Hall–Kier alpha value is -1.47. The number of rotatable bonds is 6. The third-order valence-corrected chi connectivity index (χ3v) is 6.23. The highest BCUT2D eigenvalue weighted by Crippen LogP contribution is 2.28. The molecule has 1 fully saturated rings. The summed E-state index contributed by atoms with van der Waals surface area (Å²) in [6, 6.07) is 8.17. The third-order valence-electron chi connectivity index (χ3n) is 4.06. The molecule has 5 nitrogen and oxygen atoms in total. The summed E-state index contributed by atoms with van der Waals surface area (Å²) >= 11 is 2.69. The number of carbonyl (C=O) groups excluding carboxylic acids is 2. The smallest absolute Gasteiger partial charge is 0.326 e. The van der Waals surface area contributed by atoms with Gasteiger partial charge >= 0.3 is 5.97 Å². The molecule has 0 bridgehead atoms. The Morgan fingerprint density at radius 3 is 2.54 bits per heavy atom. The summed E-state index contributed by atoms with van der Waals surface area (Å²) in [5.41, 5.74) is 0.606. The molecule has 1 saturated heterocycles. The Kier molecular flexibility index (Phi) is 6.74. The maximum atomic E-state index is 12.6. The topological polar surface area (TPSA) is 74.7 Å². The van der Waals surface area contributed by atoms with E-state index >= 15 is 0 Å². The van der Waals surface area contributed by atoms with E-state index in [1.54, 1.807) is 43.0 Å². The lowest BCUT2D eigenvalue weighted by Gasteiger charge is -2.24. The summed E-state index contributed by atoms with van der Waals surface area (Å²) in [7, 11) is 0. The van der Waals surface area contributed by atoms with E-state index in [2.05, 4.69) is 0 Å². The molecule has 1 aliphatic rings. The zero-order valence-electron chi connectivity index (χ0n) is 13.7. The molecular formula is C17H21NO4S2. The number of aliphatic carboxylic acids is 1. The van der Waals surface area contributed by atoms with Gasteiger partial charge in [0, 0.05) is 29.0 Å². The SMILES string of the molecule is CS[C@H]1C[C@@H](C(=O)O)N(C(=O)C(C)CSC(=O)c2ccccc2)C1. The highest BCUT2D eigenvalue weighted by Gasteiger charge is 2.40. The lowest BCUT2D eigenvalue weighted by atomic mass is 10.1. The van der Waals surface area contributed by atoms with Gasteiger partial charge in [-0.25, -0.2) is 4.79 Å².